The van der Waals surface area contributed by atoms with Gasteiger partial charge in [0.25, 0.3) is 5.91 Å². The Hall–Kier alpha value is -1.70. The van der Waals surface area contributed by atoms with E-state index in [-0.39, 0.29) is 11.1 Å². The zero-order chi connectivity index (χ0) is 12.6. The average molecular weight is 261 g/mol. The quantitative estimate of drug-likeness (QED) is 0.801. The van der Waals surface area contributed by atoms with Gasteiger partial charge in [0.2, 0.25) is 0 Å². The highest BCUT2D eigenvalue weighted by Crippen LogP contribution is 2.21. The number of nitrogens with one attached hydrogen (secondary N) is 1. The van der Waals surface area contributed by atoms with E-state index in [1.54, 1.807) is 13.0 Å². The molecule has 4 nitrogen and oxygen atoms in total. The molecule has 2 rings (SSSR count). The van der Waals surface area contributed by atoms with Crippen LogP contribution in [0.5, 0.6) is 0 Å². The summed E-state index contributed by atoms with van der Waals surface area (Å²) in [4.78, 5) is 11.5. The summed E-state index contributed by atoms with van der Waals surface area (Å²) in [5.41, 5.74) is 0.935. The number of aryl methyl sites for hydroxylation is 1. The van der Waals surface area contributed by atoms with Gasteiger partial charge in [0, 0.05) is 0 Å². The Morgan fingerprint density at radius 2 is 2.06 bits per heavy atom. The lowest BCUT2D eigenvalue weighted by molar-refractivity contribution is -0.146. The first-order valence-electron chi connectivity index (χ1n) is 4.49. The van der Waals surface area contributed by atoms with Crippen LogP contribution in [0.15, 0.2) is 12.1 Å². The maximum absolute atomic E-state index is 12.1. The van der Waals surface area contributed by atoms with Crippen LogP contribution in [0, 0.1) is 6.92 Å². The lowest BCUT2D eigenvalue weighted by atomic mass is 10.1. The van der Waals surface area contributed by atoms with Crippen molar-refractivity contribution < 1.29 is 18.0 Å². The van der Waals surface area contributed by atoms with Crippen LogP contribution in [-0.2, 0) is 0 Å². The van der Waals surface area contributed by atoms with Crippen molar-refractivity contribution in [3.8, 4) is 0 Å². The molecule has 1 heterocycles. The lowest BCUT2D eigenvalue weighted by Crippen LogP contribution is -2.37. The highest BCUT2D eigenvalue weighted by molar-refractivity contribution is 7.00. The second-order valence-corrected chi connectivity index (χ2v) is 3.87. The van der Waals surface area contributed by atoms with Crippen LogP contribution in [0.25, 0.3) is 11.0 Å². The third kappa shape index (κ3) is 2.36. The zero-order valence-corrected chi connectivity index (χ0v) is 9.32. The summed E-state index contributed by atoms with van der Waals surface area (Å²) < 4.78 is 44.0. The molecule has 0 fully saturated rings. The Morgan fingerprint density at radius 3 is 2.71 bits per heavy atom. The Balaban J connectivity index is 2.50. The highest BCUT2D eigenvalue weighted by atomic mass is 32.1. The normalized spacial score (nSPS) is 11.8. The van der Waals surface area contributed by atoms with Crippen LogP contribution < -0.4 is 5.32 Å². The monoisotopic (exact) mass is 261 g/mol. The molecular weight excluding hydrogens is 255 g/mol. The minimum atomic E-state index is -4.75. The van der Waals surface area contributed by atoms with Gasteiger partial charge in [0.05, 0.1) is 17.3 Å². The second-order valence-electron chi connectivity index (χ2n) is 3.34. The van der Waals surface area contributed by atoms with Gasteiger partial charge in [-0.05, 0) is 18.6 Å². The van der Waals surface area contributed by atoms with Gasteiger partial charge >= 0.3 is 6.30 Å². The van der Waals surface area contributed by atoms with Crippen LogP contribution >= 0.6 is 11.7 Å². The largest absolute Gasteiger partial charge is 0.484 e. The number of nitrogens with zero attached hydrogens (tertiary/aromatic N) is 2. The van der Waals surface area contributed by atoms with Crippen LogP contribution in [0.4, 0.5) is 13.2 Å². The molecule has 0 unspecified atom stereocenters. The van der Waals surface area contributed by atoms with E-state index >= 15 is 0 Å². The molecule has 2 aromatic rings. The van der Waals surface area contributed by atoms with Crippen LogP contribution in [-0.4, -0.2) is 21.0 Å². The molecule has 17 heavy (non-hydrogen) atoms. The Morgan fingerprint density at radius 1 is 1.35 bits per heavy atom. The summed E-state index contributed by atoms with van der Waals surface area (Å²) in [6, 6.07) is 3.15. The summed E-state index contributed by atoms with van der Waals surface area (Å²) in [7, 11) is 0. The second kappa shape index (κ2) is 3.95. The van der Waals surface area contributed by atoms with Crippen LogP contribution in [0.3, 0.4) is 0 Å². The van der Waals surface area contributed by atoms with Gasteiger partial charge in [-0.3, -0.25) is 10.1 Å². The maximum atomic E-state index is 12.1. The maximum Gasteiger partial charge on any atom is 0.484 e. The third-order valence-corrected chi connectivity index (χ3v) is 2.66. The molecule has 0 saturated carbocycles. The fourth-order valence-corrected chi connectivity index (χ4v) is 1.97. The molecule has 1 aromatic carbocycles. The number of halogens is 3. The molecule has 1 aromatic heterocycles. The Bertz CT molecular complexity index is 578. The standard InChI is InChI=1S/C9H6F3N3OS/c1-4-2-3-5-7(15-17-14-5)6(4)8(16)13-9(10,11)12/h2-3H,1H3,(H,13,16). The van der Waals surface area contributed by atoms with Gasteiger partial charge in [-0.15, -0.1) is 0 Å². The van der Waals surface area contributed by atoms with E-state index in [4.69, 9.17) is 0 Å². The molecule has 0 saturated heterocycles. The molecule has 0 aliphatic heterocycles. The number of hydrogen-bond acceptors (Lipinski definition) is 4. The first-order valence-corrected chi connectivity index (χ1v) is 5.22. The molecule has 0 aliphatic carbocycles. The van der Waals surface area contributed by atoms with Crippen molar-refractivity contribution in [3.05, 3.63) is 23.3 Å². The SMILES string of the molecule is Cc1ccc2nsnc2c1C(=O)NC(F)(F)F. The van der Waals surface area contributed by atoms with Crippen molar-refractivity contribution >= 4 is 28.7 Å². The van der Waals surface area contributed by atoms with Gasteiger partial charge in [0.1, 0.15) is 11.0 Å². The van der Waals surface area contributed by atoms with Gasteiger partial charge in [-0.25, -0.2) is 0 Å². The first-order chi connectivity index (χ1) is 7.88. The van der Waals surface area contributed by atoms with Crippen molar-refractivity contribution in [2.45, 2.75) is 13.2 Å². The minimum absolute atomic E-state index is 0.0893. The predicted octanol–water partition coefficient (Wildman–Crippen LogP) is 2.25. The molecular formula is C9H6F3N3OS. The van der Waals surface area contributed by atoms with Gasteiger partial charge in [0.15, 0.2) is 0 Å². The summed E-state index contributed by atoms with van der Waals surface area (Å²) in [6.45, 7) is 1.55. The zero-order valence-electron chi connectivity index (χ0n) is 8.50. The lowest BCUT2D eigenvalue weighted by Gasteiger charge is -2.10. The molecule has 8 heteroatoms. The predicted molar refractivity (Wildman–Crippen MR) is 55.7 cm³/mol. The van der Waals surface area contributed by atoms with E-state index in [2.05, 4.69) is 8.75 Å². The number of alkyl halides is 3. The smallest absolute Gasteiger partial charge is 0.269 e. The number of benzene rings is 1. The van der Waals surface area contributed by atoms with Gasteiger partial charge in [-0.2, -0.15) is 21.9 Å². The number of aromatic nitrogens is 2. The molecule has 0 aliphatic rings. The van der Waals surface area contributed by atoms with Crippen LogP contribution in [0.1, 0.15) is 15.9 Å². The number of carbonyl (C=O) groups excluding carboxylic acids is 1. The summed E-state index contributed by atoms with van der Waals surface area (Å²) in [5, 5.41) is 0.956. The fraction of sp³-hybridized carbons (Fsp3) is 0.222. The molecule has 0 radical (unpaired) electrons. The molecule has 0 atom stereocenters. The average Bonchev–Trinajstić information content (AvgIpc) is 2.61. The number of rotatable bonds is 1. The first kappa shape index (κ1) is 11.8. The topological polar surface area (TPSA) is 54.9 Å². The molecule has 0 spiro atoms. The van der Waals surface area contributed by atoms with Crippen molar-refractivity contribution in [2.24, 2.45) is 0 Å². The van der Waals surface area contributed by atoms with Crippen LogP contribution in [0.2, 0.25) is 0 Å². The van der Waals surface area contributed by atoms with E-state index in [9.17, 15) is 18.0 Å². The molecule has 1 N–H and O–H groups in total. The number of carbonyl (C=O) groups is 1. The van der Waals surface area contributed by atoms with E-state index < -0.39 is 12.2 Å². The minimum Gasteiger partial charge on any atom is -0.269 e. The Labute approximate surface area is 97.8 Å². The Kier molecular flexibility index (Phi) is 2.74. The van der Waals surface area contributed by atoms with Crippen molar-refractivity contribution in [1.82, 2.24) is 14.1 Å². The highest BCUT2D eigenvalue weighted by Gasteiger charge is 2.32. The summed E-state index contributed by atoms with van der Waals surface area (Å²) >= 11 is 0.850. The molecule has 1 amide bonds. The van der Waals surface area contributed by atoms with E-state index in [1.807, 2.05) is 0 Å². The fourth-order valence-electron chi connectivity index (χ4n) is 1.43. The van der Waals surface area contributed by atoms with E-state index in [0.29, 0.717) is 11.1 Å². The van der Waals surface area contributed by atoms with Crippen molar-refractivity contribution in [1.29, 1.82) is 0 Å². The summed E-state index contributed by atoms with van der Waals surface area (Å²) in [6.07, 6.45) is -4.75. The van der Waals surface area contributed by atoms with E-state index in [1.165, 1.54) is 6.07 Å². The van der Waals surface area contributed by atoms with Gasteiger partial charge < -0.3 is 0 Å². The number of fused-ring (bicyclic) bond motifs is 1. The van der Waals surface area contributed by atoms with Crippen molar-refractivity contribution in [3.63, 3.8) is 0 Å². The summed E-state index contributed by atoms with van der Waals surface area (Å²) in [5.74, 6) is -1.21. The number of amides is 1. The molecule has 0 bridgehead atoms. The van der Waals surface area contributed by atoms with Gasteiger partial charge in [-0.1, -0.05) is 6.07 Å². The third-order valence-electron chi connectivity index (χ3n) is 2.12. The van der Waals surface area contributed by atoms with E-state index in [0.717, 1.165) is 17.0 Å². The van der Waals surface area contributed by atoms with Crippen molar-refractivity contribution in [2.75, 3.05) is 0 Å². The number of hydrogen-bond donors (Lipinski definition) is 1. The molecule has 90 valence electrons.